The largest absolute Gasteiger partial charge is 0.422 e. The van der Waals surface area contributed by atoms with Crippen molar-refractivity contribution in [3.63, 3.8) is 0 Å². The molecule has 0 aliphatic carbocycles. The summed E-state index contributed by atoms with van der Waals surface area (Å²) in [5.74, 6) is 5.47. The summed E-state index contributed by atoms with van der Waals surface area (Å²) in [4.78, 5) is 12.9. The van der Waals surface area contributed by atoms with E-state index in [0.29, 0.717) is 47.0 Å². The molecular weight excluding hydrogens is 550 g/mol. The lowest BCUT2D eigenvalue weighted by Gasteiger charge is -2.15. The minimum absolute atomic E-state index is 0.0123. The molecule has 0 atom stereocenters. The van der Waals surface area contributed by atoms with Crippen molar-refractivity contribution in [3.05, 3.63) is 81.2 Å². The zero-order chi connectivity index (χ0) is 28.7. The molecule has 0 spiro atoms. The number of hydrogen-bond acceptors (Lipinski definition) is 6. The first kappa shape index (κ1) is 28.0. The average Bonchev–Trinajstić information content (AvgIpc) is 3.08. The van der Waals surface area contributed by atoms with E-state index in [0.717, 1.165) is 17.0 Å². The van der Waals surface area contributed by atoms with Crippen LogP contribution in [0.3, 0.4) is 0 Å². The minimum atomic E-state index is -4.03. The molecule has 1 aromatic heterocycles. The third-order valence-corrected chi connectivity index (χ3v) is 9.76. The van der Waals surface area contributed by atoms with Crippen LogP contribution in [0.15, 0.2) is 57.8 Å². The van der Waals surface area contributed by atoms with Crippen molar-refractivity contribution in [3.8, 4) is 11.8 Å². The summed E-state index contributed by atoms with van der Waals surface area (Å²) in [6.07, 6.45) is 4.70. The first-order chi connectivity index (χ1) is 18.8. The van der Waals surface area contributed by atoms with Crippen LogP contribution in [0.25, 0.3) is 17.0 Å². The van der Waals surface area contributed by atoms with E-state index < -0.39 is 31.0 Å². The van der Waals surface area contributed by atoms with Gasteiger partial charge in [-0.1, -0.05) is 30.0 Å². The molecule has 0 saturated carbocycles. The number of allylic oxidation sites excluding steroid dienone is 1. The normalized spacial score (nSPS) is 17.7. The highest BCUT2D eigenvalue weighted by Crippen LogP contribution is 2.40. The number of para-hydroxylation sites is 1. The van der Waals surface area contributed by atoms with E-state index in [1.165, 1.54) is 0 Å². The summed E-state index contributed by atoms with van der Waals surface area (Å²) in [5, 5.41) is 0.608. The average molecular weight is 581 g/mol. The Morgan fingerprint density at radius 1 is 1.12 bits per heavy atom. The molecule has 2 aromatic carbocycles. The fourth-order valence-electron chi connectivity index (χ4n) is 5.36. The summed E-state index contributed by atoms with van der Waals surface area (Å²) in [5.41, 5.74) is 3.92. The zero-order valence-corrected chi connectivity index (χ0v) is 23.9. The van der Waals surface area contributed by atoms with Crippen molar-refractivity contribution in [2.24, 2.45) is 0 Å². The Morgan fingerprint density at radius 2 is 1.90 bits per heavy atom. The zero-order valence-electron chi connectivity index (χ0n) is 22.3. The Bertz CT molecular complexity index is 1920. The monoisotopic (exact) mass is 580 g/mol. The van der Waals surface area contributed by atoms with E-state index in [1.54, 1.807) is 24.3 Å². The molecule has 2 aliphatic rings. The Balaban J connectivity index is 1.53. The SMILES string of the molecule is CC1(C)C(/C=C/c2cc3cc4c(cc3oc2=O)C#CCCS(=O)(=O)C4)=[N+](CCCCS(=O)(=O)O)c2ccccc21. The van der Waals surface area contributed by atoms with E-state index in [4.69, 9.17) is 8.97 Å². The van der Waals surface area contributed by atoms with Gasteiger partial charge >= 0.3 is 5.63 Å². The van der Waals surface area contributed by atoms with Gasteiger partial charge in [0.2, 0.25) is 5.69 Å². The van der Waals surface area contributed by atoms with Gasteiger partial charge in [0.25, 0.3) is 10.1 Å². The van der Waals surface area contributed by atoms with Crippen molar-refractivity contribution in [1.29, 1.82) is 0 Å². The van der Waals surface area contributed by atoms with Gasteiger partial charge in [-0.25, -0.2) is 13.2 Å². The van der Waals surface area contributed by atoms with Gasteiger partial charge in [-0.3, -0.25) is 4.55 Å². The van der Waals surface area contributed by atoms with Crippen molar-refractivity contribution in [1.82, 2.24) is 0 Å². The van der Waals surface area contributed by atoms with Crippen LogP contribution >= 0.6 is 0 Å². The second kappa shape index (κ2) is 10.5. The fraction of sp³-hybridized carbons (Fsp3) is 0.333. The van der Waals surface area contributed by atoms with Gasteiger partial charge in [0, 0.05) is 41.5 Å². The number of nitrogens with zero attached hydrogens (tertiary/aromatic N) is 1. The number of fused-ring (bicyclic) bond motifs is 3. The second-order valence-electron chi connectivity index (χ2n) is 10.7. The van der Waals surface area contributed by atoms with Crippen LogP contribution in [0.4, 0.5) is 5.69 Å². The first-order valence-corrected chi connectivity index (χ1v) is 16.4. The van der Waals surface area contributed by atoms with Gasteiger partial charge in [0.1, 0.15) is 12.1 Å². The third kappa shape index (κ3) is 5.82. The molecule has 8 nitrogen and oxygen atoms in total. The van der Waals surface area contributed by atoms with Crippen LogP contribution in [-0.4, -0.2) is 49.7 Å². The smallest absolute Gasteiger partial charge is 0.343 e. The summed E-state index contributed by atoms with van der Waals surface area (Å²) in [7, 11) is -7.32. The standard InChI is InChI=1S/C30H29NO7S2/c1-30(2)25-10-3-4-11-26(25)31(14-6-8-16-40(35,36)37)28(30)13-12-22-17-23-18-24-20-39(33,34)15-7-5-9-21(24)19-27(23)38-29(22)32/h3-4,10-13,17-19H,6-8,14-16,20H2,1-2H3/p+1/b13-12+. The number of hydrogen-bond donors (Lipinski definition) is 1. The molecule has 3 aromatic rings. The molecule has 208 valence electrons. The van der Waals surface area contributed by atoms with Crippen molar-refractivity contribution < 1.29 is 30.4 Å². The van der Waals surface area contributed by atoms with E-state index in [1.807, 2.05) is 24.3 Å². The number of sulfone groups is 1. The quantitative estimate of drug-likeness (QED) is 0.146. The predicted molar refractivity (Wildman–Crippen MR) is 155 cm³/mol. The predicted octanol–water partition coefficient (Wildman–Crippen LogP) is 4.22. The number of benzene rings is 2. The Morgan fingerprint density at radius 3 is 2.67 bits per heavy atom. The van der Waals surface area contributed by atoms with Gasteiger partial charge in [-0.05, 0) is 50.1 Å². The number of unbranched alkanes of at least 4 members (excludes halogenated alkanes) is 1. The van der Waals surface area contributed by atoms with Crippen LogP contribution in [0.2, 0.25) is 0 Å². The lowest BCUT2D eigenvalue weighted by molar-refractivity contribution is -0.438. The van der Waals surface area contributed by atoms with Gasteiger partial charge in [0.05, 0.1) is 28.2 Å². The molecule has 2 aliphatic heterocycles. The Hall–Kier alpha value is -3.52. The van der Waals surface area contributed by atoms with Crippen LogP contribution in [0.1, 0.15) is 55.4 Å². The highest BCUT2D eigenvalue weighted by molar-refractivity contribution is 7.90. The fourth-order valence-corrected chi connectivity index (χ4v) is 7.20. The van der Waals surface area contributed by atoms with Crippen LogP contribution < -0.4 is 5.63 Å². The lowest BCUT2D eigenvalue weighted by atomic mass is 9.81. The lowest BCUT2D eigenvalue weighted by Crippen LogP contribution is -2.28. The molecule has 0 saturated heterocycles. The third-order valence-electron chi connectivity index (χ3n) is 7.38. The van der Waals surface area contributed by atoms with E-state index >= 15 is 0 Å². The highest BCUT2D eigenvalue weighted by Gasteiger charge is 2.43. The maximum Gasteiger partial charge on any atom is 0.343 e. The van der Waals surface area contributed by atoms with Crippen molar-refractivity contribution in [2.45, 2.75) is 44.3 Å². The highest BCUT2D eigenvalue weighted by atomic mass is 32.2. The maximum absolute atomic E-state index is 12.9. The molecular formula is C30H30NO7S2+. The van der Waals surface area contributed by atoms with E-state index in [2.05, 4.69) is 36.3 Å². The van der Waals surface area contributed by atoms with E-state index in [9.17, 15) is 21.6 Å². The molecule has 5 rings (SSSR count). The summed E-state index contributed by atoms with van der Waals surface area (Å²) in [6, 6.07) is 13.0. The maximum atomic E-state index is 12.9. The first-order valence-electron chi connectivity index (χ1n) is 13.0. The minimum Gasteiger partial charge on any atom is -0.422 e. The van der Waals surface area contributed by atoms with Gasteiger partial charge in [-0.15, -0.1) is 0 Å². The Kier molecular flexibility index (Phi) is 7.33. The molecule has 10 heteroatoms. The molecule has 0 radical (unpaired) electrons. The van der Waals surface area contributed by atoms with Gasteiger partial charge in [0.15, 0.2) is 15.5 Å². The summed E-state index contributed by atoms with van der Waals surface area (Å²) < 4.78 is 64.0. The van der Waals surface area contributed by atoms with Crippen molar-refractivity contribution >= 4 is 48.4 Å². The Labute approximate surface area is 233 Å². The molecule has 0 fully saturated rings. The number of rotatable bonds is 7. The van der Waals surface area contributed by atoms with Crippen LogP contribution in [-0.2, 0) is 31.1 Å². The van der Waals surface area contributed by atoms with Gasteiger partial charge < -0.3 is 4.42 Å². The molecule has 0 bridgehead atoms. The molecule has 40 heavy (non-hydrogen) atoms. The molecule has 3 heterocycles. The van der Waals surface area contributed by atoms with Crippen molar-refractivity contribution in [2.75, 3.05) is 18.1 Å². The molecule has 0 unspecified atom stereocenters. The van der Waals surface area contributed by atoms with E-state index in [-0.39, 0.29) is 23.7 Å². The van der Waals surface area contributed by atoms with Gasteiger partial charge in [-0.2, -0.15) is 13.0 Å². The summed E-state index contributed by atoms with van der Waals surface area (Å²) >= 11 is 0. The summed E-state index contributed by atoms with van der Waals surface area (Å²) in [6.45, 7) is 4.71. The molecule has 0 amide bonds. The topological polar surface area (TPSA) is 122 Å². The second-order valence-corrected chi connectivity index (χ2v) is 14.4. The van der Waals surface area contributed by atoms with Crippen LogP contribution in [0.5, 0.6) is 0 Å². The molecule has 1 N–H and O–H groups in total. The van der Waals surface area contributed by atoms with Crippen LogP contribution in [0, 0.1) is 11.8 Å².